The zero-order chi connectivity index (χ0) is 18.5. The Labute approximate surface area is 176 Å². The molecule has 7 nitrogen and oxygen atoms in total. The van der Waals surface area contributed by atoms with Crippen LogP contribution in [0.4, 0.5) is 0 Å². The van der Waals surface area contributed by atoms with Crippen molar-refractivity contribution in [3.05, 3.63) is 0 Å². The highest BCUT2D eigenvalue weighted by molar-refractivity contribution is 14.0. The number of aliphatic imine (C=N–C) groups is 1. The molecule has 0 radical (unpaired) electrons. The summed E-state index contributed by atoms with van der Waals surface area (Å²) in [5, 5.41) is 9.60. The van der Waals surface area contributed by atoms with E-state index in [-0.39, 0.29) is 29.9 Å². The van der Waals surface area contributed by atoms with Gasteiger partial charge >= 0.3 is 0 Å². The second-order valence-corrected chi connectivity index (χ2v) is 6.56. The molecule has 154 valence electrons. The van der Waals surface area contributed by atoms with Gasteiger partial charge in [-0.3, -0.25) is 14.7 Å². The maximum absolute atomic E-state index is 11.5. The molecule has 0 aromatic heterocycles. The lowest BCUT2D eigenvalue weighted by Gasteiger charge is -2.32. The van der Waals surface area contributed by atoms with E-state index < -0.39 is 0 Å². The fourth-order valence-electron chi connectivity index (χ4n) is 3.08. The zero-order valence-electron chi connectivity index (χ0n) is 17.0. The molecule has 0 aromatic rings. The molecule has 8 heteroatoms. The number of rotatable bonds is 10. The van der Waals surface area contributed by atoms with Crippen molar-refractivity contribution in [3.8, 4) is 0 Å². The largest absolute Gasteiger partial charge is 0.358 e. The van der Waals surface area contributed by atoms with E-state index in [2.05, 4.69) is 46.5 Å². The Bertz CT molecular complexity index is 399. The third-order valence-corrected chi connectivity index (χ3v) is 4.59. The minimum absolute atomic E-state index is 0. The first-order valence-electron chi connectivity index (χ1n) is 9.82. The van der Waals surface area contributed by atoms with Crippen molar-refractivity contribution in [2.24, 2.45) is 4.99 Å². The Morgan fingerprint density at radius 3 is 2.42 bits per heavy atom. The first-order valence-corrected chi connectivity index (χ1v) is 9.82. The van der Waals surface area contributed by atoms with Crippen LogP contribution in [0.5, 0.6) is 0 Å². The molecule has 1 amide bonds. The first kappa shape index (κ1) is 25.4. The lowest BCUT2D eigenvalue weighted by atomic mass is 10.1. The average Bonchev–Trinajstić information content (AvgIpc) is 2.62. The van der Waals surface area contributed by atoms with Crippen LogP contribution in [0.1, 0.15) is 40.0 Å². The minimum atomic E-state index is 0. The Morgan fingerprint density at radius 2 is 1.88 bits per heavy atom. The lowest BCUT2D eigenvalue weighted by molar-refractivity contribution is -0.122. The number of carbonyl (C=O) groups excluding carboxylic acids is 1. The van der Waals surface area contributed by atoms with Crippen LogP contribution in [-0.2, 0) is 4.79 Å². The number of hydrogen-bond acceptors (Lipinski definition) is 4. The van der Waals surface area contributed by atoms with Crippen LogP contribution < -0.4 is 16.0 Å². The molecule has 0 saturated carbocycles. The maximum Gasteiger partial charge on any atom is 0.233 e. The standard InChI is InChI=1S/C18H38N6O.HI/c1-5-11-23(7-3)14-10-21-18(20-6-2)22-16-8-12-24(13-9-16)15-17(25)19-4;/h16H,5-15H2,1-4H3,(H,19,25)(H2,20,21,22);1H. The number of likely N-dealkylation sites (tertiary alicyclic amines) is 1. The highest BCUT2D eigenvalue weighted by Gasteiger charge is 2.21. The van der Waals surface area contributed by atoms with Crippen LogP contribution >= 0.6 is 24.0 Å². The molecule has 1 aliphatic rings. The highest BCUT2D eigenvalue weighted by Crippen LogP contribution is 2.09. The predicted octanol–water partition coefficient (Wildman–Crippen LogP) is 1.10. The summed E-state index contributed by atoms with van der Waals surface area (Å²) >= 11 is 0. The first-order chi connectivity index (χ1) is 12.1. The number of nitrogens with one attached hydrogen (secondary N) is 3. The van der Waals surface area contributed by atoms with Gasteiger partial charge in [0.2, 0.25) is 5.91 Å². The van der Waals surface area contributed by atoms with Gasteiger partial charge in [0.05, 0.1) is 13.1 Å². The molecule has 1 aliphatic heterocycles. The Kier molecular flexibility index (Phi) is 15.1. The maximum atomic E-state index is 11.5. The summed E-state index contributed by atoms with van der Waals surface area (Å²) in [4.78, 5) is 20.8. The average molecular weight is 482 g/mol. The van der Waals surface area contributed by atoms with Crippen LogP contribution in [0.2, 0.25) is 0 Å². The fourth-order valence-corrected chi connectivity index (χ4v) is 3.08. The van der Waals surface area contributed by atoms with E-state index in [1.165, 1.54) is 6.42 Å². The zero-order valence-corrected chi connectivity index (χ0v) is 19.3. The van der Waals surface area contributed by atoms with Crippen molar-refractivity contribution in [1.82, 2.24) is 25.8 Å². The van der Waals surface area contributed by atoms with Crippen molar-refractivity contribution in [2.45, 2.75) is 46.1 Å². The number of hydrogen-bond donors (Lipinski definition) is 3. The van der Waals surface area contributed by atoms with Crippen molar-refractivity contribution in [3.63, 3.8) is 0 Å². The quantitative estimate of drug-likeness (QED) is 0.247. The van der Waals surface area contributed by atoms with E-state index in [9.17, 15) is 4.79 Å². The molecule has 1 rings (SSSR count). The number of likely N-dealkylation sites (N-methyl/N-ethyl adjacent to an activating group) is 2. The normalized spacial score (nSPS) is 16.3. The van der Waals surface area contributed by atoms with Crippen molar-refractivity contribution >= 4 is 35.8 Å². The number of carbonyl (C=O) groups is 1. The molecule has 1 saturated heterocycles. The van der Waals surface area contributed by atoms with E-state index in [0.29, 0.717) is 12.6 Å². The van der Waals surface area contributed by atoms with E-state index in [1.54, 1.807) is 7.05 Å². The molecule has 0 bridgehead atoms. The van der Waals surface area contributed by atoms with Gasteiger partial charge in [0.1, 0.15) is 0 Å². The number of amides is 1. The van der Waals surface area contributed by atoms with Crippen molar-refractivity contribution in [2.75, 3.05) is 59.4 Å². The fraction of sp³-hybridized carbons (Fsp3) is 0.889. The summed E-state index contributed by atoms with van der Waals surface area (Å²) in [7, 11) is 1.69. The van der Waals surface area contributed by atoms with Gasteiger partial charge in [0.25, 0.3) is 0 Å². The van der Waals surface area contributed by atoms with E-state index in [4.69, 9.17) is 4.99 Å². The SMILES string of the molecule is CCCN(CC)CCN=C(NCC)NC1CCN(CC(=O)NC)CC1.I. The van der Waals surface area contributed by atoms with E-state index in [0.717, 1.165) is 64.6 Å². The van der Waals surface area contributed by atoms with Crippen LogP contribution in [0.3, 0.4) is 0 Å². The minimum Gasteiger partial charge on any atom is -0.358 e. The summed E-state index contributed by atoms with van der Waals surface area (Å²) in [5.41, 5.74) is 0. The molecule has 1 heterocycles. The molecule has 0 aliphatic carbocycles. The molecule has 0 unspecified atom stereocenters. The molecule has 0 atom stereocenters. The molecule has 1 fully saturated rings. The number of halogens is 1. The lowest BCUT2D eigenvalue weighted by Crippen LogP contribution is -2.50. The Morgan fingerprint density at radius 1 is 1.19 bits per heavy atom. The summed E-state index contributed by atoms with van der Waals surface area (Å²) < 4.78 is 0. The van der Waals surface area contributed by atoms with Gasteiger partial charge in [-0.05, 0) is 39.3 Å². The van der Waals surface area contributed by atoms with E-state index in [1.807, 2.05) is 0 Å². The number of nitrogens with zero attached hydrogens (tertiary/aromatic N) is 3. The van der Waals surface area contributed by atoms with Gasteiger partial charge in [-0.25, -0.2) is 0 Å². The van der Waals surface area contributed by atoms with Crippen LogP contribution in [0.25, 0.3) is 0 Å². The second kappa shape index (κ2) is 15.4. The van der Waals surface area contributed by atoms with Crippen LogP contribution in [0.15, 0.2) is 4.99 Å². The topological polar surface area (TPSA) is 72.0 Å². The number of guanidine groups is 1. The summed E-state index contributed by atoms with van der Waals surface area (Å²) in [6.07, 6.45) is 3.27. The van der Waals surface area contributed by atoms with Gasteiger partial charge < -0.3 is 20.9 Å². The van der Waals surface area contributed by atoms with Crippen molar-refractivity contribution < 1.29 is 4.79 Å². The van der Waals surface area contributed by atoms with E-state index >= 15 is 0 Å². The molecular formula is C18H39IN6O. The molecule has 26 heavy (non-hydrogen) atoms. The molecular weight excluding hydrogens is 443 g/mol. The third-order valence-electron chi connectivity index (χ3n) is 4.59. The van der Waals surface area contributed by atoms with Gasteiger partial charge in [-0.1, -0.05) is 13.8 Å². The van der Waals surface area contributed by atoms with Gasteiger partial charge in [0.15, 0.2) is 5.96 Å². The predicted molar refractivity (Wildman–Crippen MR) is 120 cm³/mol. The third kappa shape index (κ3) is 10.5. The van der Waals surface area contributed by atoms with Crippen molar-refractivity contribution in [1.29, 1.82) is 0 Å². The van der Waals surface area contributed by atoms with Gasteiger partial charge in [0, 0.05) is 39.3 Å². The summed E-state index contributed by atoms with van der Waals surface area (Å²) in [6, 6.07) is 0.427. The second-order valence-electron chi connectivity index (χ2n) is 6.56. The summed E-state index contributed by atoms with van der Waals surface area (Å²) in [6.45, 7) is 13.8. The van der Waals surface area contributed by atoms with Crippen LogP contribution in [0, 0.1) is 0 Å². The molecule has 0 aromatic carbocycles. The van der Waals surface area contributed by atoms with Gasteiger partial charge in [-0.15, -0.1) is 24.0 Å². The Hall–Kier alpha value is -0.610. The highest BCUT2D eigenvalue weighted by atomic mass is 127. The van der Waals surface area contributed by atoms with Crippen LogP contribution in [-0.4, -0.2) is 87.1 Å². The monoisotopic (exact) mass is 482 g/mol. The van der Waals surface area contributed by atoms with Gasteiger partial charge in [-0.2, -0.15) is 0 Å². The number of piperidine rings is 1. The smallest absolute Gasteiger partial charge is 0.233 e. The molecule has 3 N–H and O–H groups in total. The summed E-state index contributed by atoms with van der Waals surface area (Å²) in [5.74, 6) is 1.01. The Balaban J connectivity index is 0.00000625. The molecule has 0 spiro atoms.